The molecule has 33 heavy (non-hydrogen) atoms. The summed E-state index contributed by atoms with van der Waals surface area (Å²) < 4.78 is 36.7. The number of fused-ring (bicyclic) bond motifs is 1. The quantitative estimate of drug-likeness (QED) is 0.311. The van der Waals surface area contributed by atoms with Gasteiger partial charge in [-0.1, -0.05) is 12.8 Å². The first-order valence-corrected chi connectivity index (χ1v) is 12.8. The molecule has 3 heterocycles. The molecule has 1 aromatic heterocycles. The average molecular weight is 486 g/mol. The molecule has 1 aliphatic carbocycles. The van der Waals surface area contributed by atoms with Crippen LogP contribution in [0.15, 0.2) is 17.1 Å². The van der Waals surface area contributed by atoms with Crippen molar-refractivity contribution < 1.29 is 33.0 Å². The summed E-state index contributed by atoms with van der Waals surface area (Å²) in [7, 11) is -3.99. The van der Waals surface area contributed by atoms with E-state index < -0.39 is 49.5 Å². The van der Waals surface area contributed by atoms with Crippen molar-refractivity contribution in [2.45, 2.75) is 88.6 Å². The Balaban J connectivity index is 1.42. The first-order valence-electron chi connectivity index (χ1n) is 11.2. The van der Waals surface area contributed by atoms with Gasteiger partial charge in [0.2, 0.25) is 0 Å². The minimum Gasteiger partial charge on any atom is -0.461 e. The van der Waals surface area contributed by atoms with Gasteiger partial charge in [-0.15, -0.1) is 0 Å². The highest BCUT2D eigenvalue weighted by Gasteiger charge is 2.60. The SMILES string of the molecule is C[C@H](NP1(=O)OC[C@H]2O[C@@H](n3ccc(N)nc3=O)[C@](C)(O)[C@@H]2O1)C(=O)OC1CCCCCC1. The number of anilines is 1. The Morgan fingerprint density at radius 3 is 2.76 bits per heavy atom. The number of aliphatic hydroxyl groups is 1. The number of nitrogens with zero attached hydrogens (tertiary/aromatic N) is 2. The number of ether oxygens (including phenoxy) is 2. The number of nitrogen functional groups attached to an aromatic ring is 1. The molecule has 3 aliphatic rings. The first-order chi connectivity index (χ1) is 15.6. The summed E-state index contributed by atoms with van der Waals surface area (Å²) in [4.78, 5) is 28.4. The second kappa shape index (κ2) is 9.44. The number of rotatable bonds is 5. The first kappa shape index (κ1) is 24.3. The molecule has 13 heteroatoms. The zero-order valence-corrected chi connectivity index (χ0v) is 19.6. The molecule has 4 N–H and O–H groups in total. The third-order valence-electron chi connectivity index (χ3n) is 6.27. The van der Waals surface area contributed by atoms with Gasteiger partial charge in [0.1, 0.15) is 35.8 Å². The summed E-state index contributed by atoms with van der Waals surface area (Å²) >= 11 is 0. The normalized spacial score (nSPS) is 36.0. The maximum atomic E-state index is 13.3. The number of hydrogen-bond donors (Lipinski definition) is 3. The van der Waals surface area contributed by atoms with Crippen molar-refractivity contribution in [3.8, 4) is 0 Å². The van der Waals surface area contributed by atoms with E-state index in [0.29, 0.717) is 0 Å². The van der Waals surface area contributed by atoms with E-state index in [9.17, 15) is 19.3 Å². The van der Waals surface area contributed by atoms with E-state index in [1.807, 2.05) is 0 Å². The largest absolute Gasteiger partial charge is 0.461 e. The van der Waals surface area contributed by atoms with Gasteiger partial charge in [0, 0.05) is 6.20 Å². The van der Waals surface area contributed by atoms with Gasteiger partial charge in [-0.05, 0) is 45.6 Å². The van der Waals surface area contributed by atoms with Crippen LogP contribution in [0.1, 0.15) is 58.6 Å². The van der Waals surface area contributed by atoms with Crippen LogP contribution in [0.25, 0.3) is 0 Å². The van der Waals surface area contributed by atoms with Crippen molar-refractivity contribution in [2.24, 2.45) is 0 Å². The number of esters is 1. The smallest absolute Gasteiger partial charge is 0.406 e. The summed E-state index contributed by atoms with van der Waals surface area (Å²) in [6.45, 7) is 2.75. The topological polar surface area (TPSA) is 164 Å². The fourth-order valence-corrected chi connectivity index (χ4v) is 6.25. The van der Waals surface area contributed by atoms with Crippen LogP contribution in [-0.2, 0) is 27.9 Å². The second-order valence-corrected chi connectivity index (χ2v) is 10.7. The molecular formula is C20H31N4O8P. The molecule has 0 spiro atoms. The minimum atomic E-state index is -3.99. The van der Waals surface area contributed by atoms with Crippen LogP contribution >= 0.6 is 7.75 Å². The van der Waals surface area contributed by atoms with Crippen LogP contribution in [0.2, 0.25) is 0 Å². The van der Waals surface area contributed by atoms with Crippen molar-refractivity contribution in [3.05, 3.63) is 22.7 Å². The molecule has 0 radical (unpaired) electrons. The zero-order valence-electron chi connectivity index (χ0n) is 18.7. The molecular weight excluding hydrogens is 455 g/mol. The Bertz CT molecular complexity index is 977. The third-order valence-corrected chi connectivity index (χ3v) is 7.97. The number of aromatic nitrogens is 2. The maximum absolute atomic E-state index is 13.3. The maximum Gasteiger partial charge on any atom is 0.406 e. The van der Waals surface area contributed by atoms with Crippen molar-refractivity contribution in [3.63, 3.8) is 0 Å². The molecule has 184 valence electrons. The predicted octanol–water partition coefficient (Wildman–Crippen LogP) is 1.24. The number of hydrogen-bond acceptors (Lipinski definition) is 10. The Morgan fingerprint density at radius 2 is 2.09 bits per heavy atom. The second-order valence-electron chi connectivity index (χ2n) is 9.02. The summed E-state index contributed by atoms with van der Waals surface area (Å²) in [5.41, 5.74) is 3.06. The van der Waals surface area contributed by atoms with Crippen LogP contribution in [-0.4, -0.2) is 57.2 Å². The van der Waals surface area contributed by atoms with E-state index in [2.05, 4.69) is 10.1 Å². The van der Waals surface area contributed by atoms with Crippen LogP contribution in [0.5, 0.6) is 0 Å². The van der Waals surface area contributed by atoms with Gasteiger partial charge in [-0.2, -0.15) is 4.98 Å². The van der Waals surface area contributed by atoms with Crippen LogP contribution < -0.4 is 16.5 Å². The predicted molar refractivity (Wildman–Crippen MR) is 116 cm³/mol. The highest BCUT2D eigenvalue weighted by molar-refractivity contribution is 7.51. The molecule has 2 aliphatic heterocycles. The number of carbonyl (C=O) groups excluding carboxylic acids is 1. The molecule has 4 rings (SSSR count). The monoisotopic (exact) mass is 486 g/mol. The molecule has 1 saturated carbocycles. The average Bonchev–Trinajstić information content (AvgIpc) is 2.90. The fourth-order valence-electron chi connectivity index (χ4n) is 4.48. The fraction of sp³-hybridized carbons (Fsp3) is 0.750. The third kappa shape index (κ3) is 5.16. The Labute approximate surface area is 191 Å². The highest BCUT2D eigenvalue weighted by atomic mass is 31.2. The Hall–Kier alpha value is -1.82. The van der Waals surface area contributed by atoms with Crippen LogP contribution in [0.4, 0.5) is 5.82 Å². The van der Waals surface area contributed by atoms with E-state index in [0.717, 1.165) is 43.1 Å². The van der Waals surface area contributed by atoms with E-state index in [1.165, 1.54) is 26.1 Å². The number of carbonyl (C=O) groups is 1. The lowest BCUT2D eigenvalue weighted by atomic mass is 9.96. The van der Waals surface area contributed by atoms with Gasteiger partial charge in [0.05, 0.1) is 6.61 Å². The van der Waals surface area contributed by atoms with Gasteiger partial charge in [-0.25, -0.2) is 14.4 Å². The number of nitrogens with two attached hydrogens (primary N) is 1. The number of nitrogens with one attached hydrogen (secondary N) is 1. The summed E-state index contributed by atoms with van der Waals surface area (Å²) in [5.74, 6) is -0.512. The molecule has 1 aromatic rings. The van der Waals surface area contributed by atoms with Crippen molar-refractivity contribution >= 4 is 19.5 Å². The van der Waals surface area contributed by atoms with Gasteiger partial charge in [0.25, 0.3) is 0 Å². The van der Waals surface area contributed by atoms with Crippen molar-refractivity contribution in [1.82, 2.24) is 14.6 Å². The molecule has 1 unspecified atom stereocenters. The Kier molecular flexibility index (Phi) is 6.95. The molecule has 3 fully saturated rings. The van der Waals surface area contributed by atoms with Crippen molar-refractivity contribution in [2.75, 3.05) is 12.3 Å². The summed E-state index contributed by atoms with van der Waals surface area (Å²) in [6, 6.07) is 0.441. The van der Waals surface area contributed by atoms with Gasteiger partial charge < -0.3 is 20.3 Å². The molecule has 0 aromatic carbocycles. The van der Waals surface area contributed by atoms with Gasteiger partial charge in [-0.3, -0.25) is 18.4 Å². The van der Waals surface area contributed by atoms with Crippen LogP contribution in [0.3, 0.4) is 0 Å². The molecule has 6 atom stereocenters. The van der Waals surface area contributed by atoms with E-state index in [1.54, 1.807) is 0 Å². The molecule has 0 amide bonds. The lowest BCUT2D eigenvalue weighted by Gasteiger charge is -2.36. The minimum absolute atomic E-state index is 0.0318. The molecule has 0 bridgehead atoms. The zero-order chi connectivity index (χ0) is 23.8. The molecule has 2 saturated heterocycles. The summed E-state index contributed by atoms with van der Waals surface area (Å²) in [5, 5.41) is 13.7. The van der Waals surface area contributed by atoms with E-state index >= 15 is 0 Å². The van der Waals surface area contributed by atoms with Gasteiger partial charge in [0.15, 0.2) is 6.23 Å². The summed E-state index contributed by atoms with van der Waals surface area (Å²) in [6.07, 6.45) is 4.04. The van der Waals surface area contributed by atoms with E-state index in [4.69, 9.17) is 24.3 Å². The Morgan fingerprint density at radius 1 is 1.39 bits per heavy atom. The lowest BCUT2D eigenvalue weighted by Crippen LogP contribution is -2.50. The molecule has 12 nitrogen and oxygen atoms in total. The standard InChI is InChI=1S/C20H31N4O8P/c1-12(17(25)30-13-7-5-3-4-6-8-13)23-33(28)29-11-14-16(32-33)20(2,27)18(31-14)24-10-9-15(21)22-19(24)26/h9-10,12-14,16,18,27H,3-8,11H2,1-2H3,(H,23,28)(H2,21,22,26)/t12-,14+,16+,18+,20+,33?/m0/s1. The van der Waals surface area contributed by atoms with E-state index in [-0.39, 0.29) is 18.5 Å². The van der Waals surface area contributed by atoms with Crippen LogP contribution in [0, 0.1) is 0 Å². The lowest BCUT2D eigenvalue weighted by molar-refractivity contribution is -0.151. The van der Waals surface area contributed by atoms with Gasteiger partial charge >= 0.3 is 19.4 Å². The van der Waals surface area contributed by atoms with Crippen molar-refractivity contribution in [1.29, 1.82) is 0 Å². The highest BCUT2D eigenvalue weighted by Crippen LogP contribution is 2.55.